The highest BCUT2D eigenvalue weighted by Crippen LogP contribution is 2.40. The van der Waals surface area contributed by atoms with E-state index in [9.17, 15) is 9.59 Å². The molecule has 1 N–H and O–H groups in total. The number of hydrogen-bond donors (Lipinski definition) is 1. The second-order valence-corrected chi connectivity index (χ2v) is 7.17. The van der Waals surface area contributed by atoms with Gasteiger partial charge in [-0.1, -0.05) is 48.0 Å². The molecule has 25 heavy (non-hydrogen) atoms. The third kappa shape index (κ3) is 2.44. The zero-order valence-corrected chi connectivity index (χ0v) is 14.6. The van der Waals surface area contributed by atoms with Crippen LogP contribution in [0.3, 0.4) is 0 Å². The Kier molecular flexibility index (Phi) is 3.64. The number of nitrogens with zero attached hydrogens (tertiary/aromatic N) is 1. The Morgan fingerprint density at radius 2 is 1.92 bits per heavy atom. The monoisotopic (exact) mass is 334 g/mol. The lowest BCUT2D eigenvalue weighted by atomic mass is 9.76. The molecule has 2 aliphatic rings. The van der Waals surface area contributed by atoms with E-state index in [4.69, 9.17) is 0 Å². The van der Waals surface area contributed by atoms with Crippen LogP contribution in [0.1, 0.15) is 40.7 Å². The maximum Gasteiger partial charge on any atom is 0.325 e. The number of benzene rings is 2. The summed E-state index contributed by atoms with van der Waals surface area (Å²) >= 11 is 0. The topological polar surface area (TPSA) is 49.4 Å². The van der Waals surface area contributed by atoms with Crippen LogP contribution in [0.25, 0.3) is 0 Å². The lowest BCUT2D eigenvalue weighted by Crippen LogP contribution is -2.46. The summed E-state index contributed by atoms with van der Waals surface area (Å²) in [5.41, 5.74) is 4.48. The van der Waals surface area contributed by atoms with Crippen molar-refractivity contribution < 1.29 is 9.59 Å². The minimum atomic E-state index is -0.885. The summed E-state index contributed by atoms with van der Waals surface area (Å²) in [4.78, 5) is 27.3. The molecule has 1 saturated heterocycles. The van der Waals surface area contributed by atoms with E-state index in [0.29, 0.717) is 13.0 Å². The molecule has 1 aliphatic heterocycles. The summed E-state index contributed by atoms with van der Waals surface area (Å²) in [6.07, 6.45) is 2.52. The first kappa shape index (κ1) is 15.9. The molecule has 1 fully saturated rings. The number of hydrogen-bond acceptors (Lipinski definition) is 2. The van der Waals surface area contributed by atoms with E-state index < -0.39 is 5.54 Å². The van der Waals surface area contributed by atoms with E-state index in [1.807, 2.05) is 44.2 Å². The maximum absolute atomic E-state index is 13.3. The van der Waals surface area contributed by atoms with Crippen molar-refractivity contribution in [3.8, 4) is 0 Å². The lowest BCUT2D eigenvalue weighted by molar-refractivity contribution is -0.132. The normalized spacial score (nSPS) is 22.2. The highest BCUT2D eigenvalue weighted by Gasteiger charge is 2.53. The van der Waals surface area contributed by atoms with Crippen LogP contribution in [-0.2, 0) is 23.3 Å². The van der Waals surface area contributed by atoms with Crippen LogP contribution in [0.2, 0.25) is 0 Å². The molecule has 0 unspecified atom stereocenters. The number of imide groups is 1. The molecule has 0 bridgehead atoms. The SMILES string of the molecule is Cc1ccc(C)c(CN2C(=O)N[C@]3(CCCc4ccccc43)C2=O)c1. The third-order valence-corrected chi connectivity index (χ3v) is 5.48. The zero-order chi connectivity index (χ0) is 17.6. The summed E-state index contributed by atoms with van der Waals surface area (Å²) in [6.45, 7) is 4.36. The van der Waals surface area contributed by atoms with Gasteiger partial charge in [-0.2, -0.15) is 0 Å². The standard InChI is InChI=1S/C21H22N2O2/c1-14-9-10-15(2)17(12-14)13-23-19(24)21(22-20(23)25)11-5-7-16-6-3-4-8-18(16)21/h3-4,6,8-10,12H,5,7,11,13H2,1-2H3,(H,22,25)/t21-/m0/s1. The Morgan fingerprint density at radius 1 is 1.12 bits per heavy atom. The molecule has 4 heteroatoms. The van der Waals surface area contributed by atoms with Crippen molar-refractivity contribution in [2.45, 2.75) is 45.2 Å². The van der Waals surface area contributed by atoms with Crippen molar-refractivity contribution in [3.63, 3.8) is 0 Å². The van der Waals surface area contributed by atoms with Crippen LogP contribution in [0, 0.1) is 13.8 Å². The van der Waals surface area contributed by atoms with Crippen LogP contribution in [0.15, 0.2) is 42.5 Å². The van der Waals surface area contributed by atoms with Gasteiger partial charge in [-0.3, -0.25) is 9.69 Å². The number of carbonyl (C=O) groups is 2. The zero-order valence-electron chi connectivity index (χ0n) is 14.6. The van der Waals surface area contributed by atoms with E-state index in [-0.39, 0.29) is 11.9 Å². The number of aryl methyl sites for hydroxylation is 3. The van der Waals surface area contributed by atoms with Gasteiger partial charge < -0.3 is 5.32 Å². The number of fused-ring (bicyclic) bond motifs is 2. The maximum atomic E-state index is 13.3. The van der Waals surface area contributed by atoms with Crippen molar-refractivity contribution in [3.05, 3.63) is 70.3 Å². The Hall–Kier alpha value is -2.62. The molecule has 0 aromatic heterocycles. The van der Waals surface area contributed by atoms with Crippen LogP contribution in [0.5, 0.6) is 0 Å². The predicted octanol–water partition coefficient (Wildman–Crippen LogP) is 3.59. The Balaban J connectivity index is 1.71. The number of urea groups is 1. The van der Waals surface area contributed by atoms with Crippen molar-refractivity contribution in [2.75, 3.05) is 0 Å². The molecular weight excluding hydrogens is 312 g/mol. The van der Waals surface area contributed by atoms with Gasteiger partial charge >= 0.3 is 6.03 Å². The molecule has 4 nitrogen and oxygen atoms in total. The molecule has 3 amide bonds. The fourth-order valence-electron chi connectivity index (χ4n) is 4.10. The summed E-state index contributed by atoms with van der Waals surface area (Å²) in [7, 11) is 0. The molecule has 0 radical (unpaired) electrons. The van der Waals surface area contributed by atoms with Gasteiger partial charge in [-0.05, 0) is 55.4 Å². The molecule has 4 rings (SSSR count). The molecule has 1 aliphatic carbocycles. The Morgan fingerprint density at radius 3 is 2.76 bits per heavy atom. The smallest absolute Gasteiger partial charge is 0.319 e. The van der Waals surface area contributed by atoms with Crippen molar-refractivity contribution >= 4 is 11.9 Å². The number of nitrogens with one attached hydrogen (secondary N) is 1. The summed E-state index contributed by atoms with van der Waals surface area (Å²) in [6, 6.07) is 13.8. The average Bonchev–Trinajstić information content (AvgIpc) is 2.83. The highest BCUT2D eigenvalue weighted by molar-refractivity contribution is 6.07. The average molecular weight is 334 g/mol. The fraction of sp³-hybridized carbons (Fsp3) is 0.333. The van der Waals surface area contributed by atoms with E-state index in [1.54, 1.807) is 0 Å². The molecular formula is C21H22N2O2. The van der Waals surface area contributed by atoms with Gasteiger partial charge in [0, 0.05) is 0 Å². The van der Waals surface area contributed by atoms with Gasteiger partial charge in [0.05, 0.1) is 6.54 Å². The fourth-order valence-corrected chi connectivity index (χ4v) is 4.10. The predicted molar refractivity (Wildman–Crippen MR) is 96.1 cm³/mol. The van der Waals surface area contributed by atoms with Gasteiger partial charge in [0.2, 0.25) is 0 Å². The van der Waals surface area contributed by atoms with E-state index in [1.165, 1.54) is 4.90 Å². The highest BCUT2D eigenvalue weighted by atomic mass is 16.2. The van der Waals surface area contributed by atoms with Gasteiger partial charge in [0.1, 0.15) is 5.54 Å². The molecule has 0 saturated carbocycles. The molecule has 2 aromatic carbocycles. The van der Waals surface area contributed by atoms with Crippen LogP contribution >= 0.6 is 0 Å². The Bertz CT molecular complexity index is 874. The number of carbonyl (C=O) groups excluding carboxylic acids is 2. The second kappa shape index (κ2) is 5.73. The minimum Gasteiger partial charge on any atom is -0.319 e. The first-order chi connectivity index (χ1) is 12.0. The quantitative estimate of drug-likeness (QED) is 0.853. The second-order valence-electron chi connectivity index (χ2n) is 7.17. The number of rotatable bonds is 2. The van der Waals surface area contributed by atoms with E-state index >= 15 is 0 Å². The molecule has 2 aromatic rings. The first-order valence-corrected chi connectivity index (χ1v) is 8.80. The van der Waals surface area contributed by atoms with Crippen LogP contribution in [0.4, 0.5) is 4.79 Å². The molecule has 1 heterocycles. The minimum absolute atomic E-state index is 0.120. The molecule has 128 valence electrons. The van der Waals surface area contributed by atoms with Gasteiger partial charge in [-0.25, -0.2) is 4.79 Å². The third-order valence-electron chi connectivity index (χ3n) is 5.48. The van der Waals surface area contributed by atoms with Gasteiger partial charge in [-0.15, -0.1) is 0 Å². The lowest BCUT2D eigenvalue weighted by Gasteiger charge is -2.33. The largest absolute Gasteiger partial charge is 0.325 e. The van der Waals surface area contributed by atoms with Gasteiger partial charge in [0.15, 0.2) is 0 Å². The Labute approximate surface area is 147 Å². The van der Waals surface area contributed by atoms with Crippen molar-refractivity contribution in [1.29, 1.82) is 0 Å². The van der Waals surface area contributed by atoms with Crippen molar-refractivity contribution in [2.24, 2.45) is 0 Å². The first-order valence-electron chi connectivity index (χ1n) is 8.80. The summed E-state index contributed by atoms with van der Waals surface area (Å²) in [5.74, 6) is -0.120. The van der Waals surface area contributed by atoms with Crippen molar-refractivity contribution in [1.82, 2.24) is 10.2 Å². The van der Waals surface area contributed by atoms with Crippen LogP contribution in [-0.4, -0.2) is 16.8 Å². The van der Waals surface area contributed by atoms with Crippen LogP contribution < -0.4 is 5.32 Å². The summed E-state index contributed by atoms with van der Waals surface area (Å²) in [5, 5.41) is 3.02. The molecule has 1 spiro atoms. The van der Waals surface area contributed by atoms with E-state index in [2.05, 4.69) is 17.4 Å². The van der Waals surface area contributed by atoms with Gasteiger partial charge in [0.25, 0.3) is 5.91 Å². The number of amides is 3. The summed E-state index contributed by atoms with van der Waals surface area (Å²) < 4.78 is 0. The van der Waals surface area contributed by atoms with E-state index in [0.717, 1.165) is 40.7 Å². The molecule has 1 atom stereocenters.